The molecule has 0 spiro atoms. The van der Waals surface area contributed by atoms with Crippen LogP contribution in [0.1, 0.15) is 5.56 Å². The van der Waals surface area contributed by atoms with E-state index in [1.165, 1.54) is 0 Å². The van der Waals surface area contributed by atoms with Gasteiger partial charge in [0.25, 0.3) is 0 Å². The van der Waals surface area contributed by atoms with Crippen LogP contribution in [-0.4, -0.2) is 16.1 Å². The van der Waals surface area contributed by atoms with Gasteiger partial charge in [0, 0.05) is 0 Å². The molecule has 0 saturated heterocycles. The molecular formula is C7H7FN2O2. The largest absolute Gasteiger partial charge is 0.507 e. The monoisotopic (exact) mass is 170 g/mol. The molecule has 0 aliphatic heterocycles. The Morgan fingerprint density at radius 2 is 2.17 bits per heavy atom. The molecule has 1 aromatic carbocycles. The van der Waals surface area contributed by atoms with Crippen LogP contribution < -0.4 is 5.73 Å². The number of phenols is 1. The molecule has 0 amide bonds. The Kier molecular flexibility index (Phi) is 2.14. The molecule has 0 aliphatic carbocycles. The van der Waals surface area contributed by atoms with Crippen LogP contribution in [0.15, 0.2) is 23.4 Å². The molecule has 0 fully saturated rings. The summed E-state index contributed by atoms with van der Waals surface area (Å²) in [6.07, 6.45) is 0. The lowest BCUT2D eigenvalue weighted by atomic mass is 10.2. The molecule has 0 radical (unpaired) electrons. The first-order valence-electron chi connectivity index (χ1n) is 3.11. The fourth-order valence-electron chi connectivity index (χ4n) is 0.767. The normalized spacial score (nSPS) is 11.6. The number of oxime groups is 1. The van der Waals surface area contributed by atoms with Crippen molar-refractivity contribution >= 4 is 5.84 Å². The van der Waals surface area contributed by atoms with Gasteiger partial charge in [-0.25, -0.2) is 4.39 Å². The zero-order chi connectivity index (χ0) is 9.14. The minimum Gasteiger partial charge on any atom is -0.507 e. The first kappa shape index (κ1) is 8.32. The highest BCUT2D eigenvalue weighted by Crippen LogP contribution is 2.16. The van der Waals surface area contributed by atoms with E-state index < -0.39 is 5.82 Å². The van der Waals surface area contributed by atoms with Gasteiger partial charge in [-0.1, -0.05) is 5.16 Å². The maximum atomic E-state index is 12.5. The minimum atomic E-state index is -0.561. The van der Waals surface area contributed by atoms with Crippen LogP contribution in [-0.2, 0) is 0 Å². The summed E-state index contributed by atoms with van der Waals surface area (Å²) in [6, 6.07) is 3.18. The average molecular weight is 170 g/mol. The van der Waals surface area contributed by atoms with Crippen molar-refractivity contribution in [3.63, 3.8) is 0 Å². The Morgan fingerprint density at radius 1 is 1.50 bits per heavy atom. The third kappa shape index (κ3) is 1.45. The van der Waals surface area contributed by atoms with Crippen LogP contribution in [0.3, 0.4) is 0 Å². The van der Waals surface area contributed by atoms with Gasteiger partial charge in [0.15, 0.2) is 5.84 Å². The van der Waals surface area contributed by atoms with E-state index in [0.717, 1.165) is 18.2 Å². The Morgan fingerprint density at radius 3 is 2.75 bits per heavy atom. The molecule has 1 aromatic rings. The number of amidine groups is 1. The molecule has 0 bridgehead atoms. The number of rotatable bonds is 1. The lowest BCUT2D eigenvalue weighted by molar-refractivity contribution is 0.318. The van der Waals surface area contributed by atoms with Crippen molar-refractivity contribution in [2.75, 3.05) is 0 Å². The molecule has 0 heterocycles. The summed E-state index contributed by atoms with van der Waals surface area (Å²) in [4.78, 5) is 0. The number of halogens is 1. The van der Waals surface area contributed by atoms with Crippen molar-refractivity contribution in [1.29, 1.82) is 0 Å². The second kappa shape index (κ2) is 3.08. The second-order valence-electron chi connectivity index (χ2n) is 2.15. The molecule has 0 atom stereocenters. The number of nitrogens with two attached hydrogens (primary N) is 1. The maximum Gasteiger partial charge on any atom is 0.173 e. The van der Waals surface area contributed by atoms with Crippen molar-refractivity contribution < 1.29 is 14.7 Å². The summed E-state index contributed by atoms with van der Waals surface area (Å²) in [5.74, 6) is -1.12. The molecule has 64 valence electrons. The third-order valence-corrected chi connectivity index (χ3v) is 1.34. The van der Waals surface area contributed by atoms with E-state index in [1.54, 1.807) is 0 Å². The van der Waals surface area contributed by atoms with Crippen molar-refractivity contribution in [1.82, 2.24) is 0 Å². The van der Waals surface area contributed by atoms with E-state index in [2.05, 4.69) is 5.16 Å². The van der Waals surface area contributed by atoms with Gasteiger partial charge in [-0.3, -0.25) is 0 Å². The van der Waals surface area contributed by atoms with Crippen molar-refractivity contribution in [3.05, 3.63) is 29.6 Å². The van der Waals surface area contributed by atoms with Gasteiger partial charge in [0.05, 0.1) is 5.56 Å². The quantitative estimate of drug-likeness (QED) is 0.250. The number of hydrogen-bond donors (Lipinski definition) is 3. The van der Waals surface area contributed by atoms with Crippen molar-refractivity contribution in [2.45, 2.75) is 0 Å². The summed E-state index contributed by atoms with van der Waals surface area (Å²) < 4.78 is 12.5. The predicted molar refractivity (Wildman–Crippen MR) is 40.6 cm³/mol. The van der Waals surface area contributed by atoms with E-state index >= 15 is 0 Å². The molecule has 0 unspecified atom stereocenters. The standard InChI is InChI=1S/C7H7FN2O2/c8-4-1-2-6(11)5(3-4)7(9)10-12/h1-3,11-12H,(H2,9,10). The number of aromatic hydroxyl groups is 1. The van der Waals surface area contributed by atoms with E-state index in [4.69, 9.17) is 16.0 Å². The lowest BCUT2D eigenvalue weighted by Crippen LogP contribution is -2.13. The first-order chi connectivity index (χ1) is 5.65. The summed E-state index contributed by atoms with van der Waals surface area (Å²) in [5.41, 5.74) is 5.11. The first-order valence-corrected chi connectivity index (χ1v) is 3.11. The zero-order valence-corrected chi connectivity index (χ0v) is 6.03. The summed E-state index contributed by atoms with van der Waals surface area (Å²) >= 11 is 0. The van der Waals surface area contributed by atoms with Crippen molar-refractivity contribution in [2.24, 2.45) is 10.9 Å². The molecule has 4 N–H and O–H groups in total. The lowest BCUT2D eigenvalue weighted by Gasteiger charge is -2.00. The summed E-state index contributed by atoms with van der Waals surface area (Å²) in [7, 11) is 0. The number of hydrogen-bond acceptors (Lipinski definition) is 3. The van der Waals surface area contributed by atoms with Crippen LogP contribution in [0, 0.1) is 5.82 Å². The smallest absolute Gasteiger partial charge is 0.173 e. The third-order valence-electron chi connectivity index (χ3n) is 1.34. The van der Waals surface area contributed by atoms with Crippen LogP contribution in [0.4, 0.5) is 4.39 Å². The SMILES string of the molecule is NC(=NO)c1cc(F)ccc1O. The number of nitrogens with zero attached hydrogens (tertiary/aromatic N) is 1. The maximum absolute atomic E-state index is 12.5. The summed E-state index contributed by atoms with van der Waals surface area (Å²) in [6.45, 7) is 0. The topological polar surface area (TPSA) is 78.8 Å². The molecule has 0 saturated carbocycles. The van der Waals surface area contributed by atoms with E-state index in [9.17, 15) is 4.39 Å². The highest BCUT2D eigenvalue weighted by atomic mass is 19.1. The number of phenolic OH excluding ortho intramolecular Hbond substituents is 1. The Balaban J connectivity index is 3.23. The molecule has 4 nitrogen and oxygen atoms in total. The molecule has 1 rings (SSSR count). The van der Waals surface area contributed by atoms with Gasteiger partial charge in [0.1, 0.15) is 11.6 Å². The molecule has 5 heteroatoms. The molecule has 0 aromatic heterocycles. The van der Waals surface area contributed by atoms with E-state index in [-0.39, 0.29) is 17.1 Å². The molecular weight excluding hydrogens is 163 g/mol. The predicted octanol–water partition coefficient (Wildman–Crippen LogP) is 0.626. The van der Waals surface area contributed by atoms with Gasteiger partial charge >= 0.3 is 0 Å². The van der Waals surface area contributed by atoms with Crippen LogP contribution in [0.25, 0.3) is 0 Å². The Labute approximate surface area is 67.7 Å². The fraction of sp³-hybridized carbons (Fsp3) is 0. The van der Waals surface area contributed by atoms with Gasteiger partial charge in [-0.05, 0) is 18.2 Å². The Bertz CT molecular complexity index is 325. The highest BCUT2D eigenvalue weighted by molar-refractivity contribution is 5.99. The zero-order valence-electron chi connectivity index (χ0n) is 6.03. The van der Waals surface area contributed by atoms with Crippen molar-refractivity contribution in [3.8, 4) is 5.75 Å². The van der Waals surface area contributed by atoms with Gasteiger partial charge in [0.2, 0.25) is 0 Å². The van der Waals surface area contributed by atoms with Crippen LogP contribution in [0.5, 0.6) is 5.75 Å². The van der Waals surface area contributed by atoms with E-state index in [0.29, 0.717) is 0 Å². The van der Waals surface area contributed by atoms with Gasteiger partial charge < -0.3 is 16.0 Å². The molecule has 0 aliphatic rings. The number of benzene rings is 1. The van der Waals surface area contributed by atoms with Gasteiger partial charge in [-0.2, -0.15) is 0 Å². The minimum absolute atomic E-state index is 0.0301. The van der Waals surface area contributed by atoms with Crippen LogP contribution in [0.2, 0.25) is 0 Å². The van der Waals surface area contributed by atoms with Gasteiger partial charge in [-0.15, -0.1) is 0 Å². The molecule has 12 heavy (non-hydrogen) atoms. The highest BCUT2D eigenvalue weighted by Gasteiger charge is 2.06. The second-order valence-corrected chi connectivity index (χ2v) is 2.15. The fourth-order valence-corrected chi connectivity index (χ4v) is 0.767. The van der Waals surface area contributed by atoms with Crippen LogP contribution >= 0.6 is 0 Å². The Hall–Kier alpha value is -1.78. The van der Waals surface area contributed by atoms with E-state index in [1.807, 2.05) is 0 Å². The average Bonchev–Trinajstić information content (AvgIpc) is 2.08. The summed E-state index contributed by atoms with van der Waals surface area (Å²) in [5, 5.41) is 20.0.